The minimum atomic E-state index is -3.57. The lowest BCUT2D eigenvalue weighted by atomic mass is 10.2. The van der Waals surface area contributed by atoms with E-state index in [9.17, 15) is 13.2 Å². The monoisotopic (exact) mass is 348 g/mol. The van der Waals surface area contributed by atoms with Gasteiger partial charge in [0.2, 0.25) is 15.6 Å². The SMILES string of the molecule is Cc1ccsc1CCNS(=O)(=O)c1ccc2[nH]c(=O)ccc2c1. The molecule has 0 bridgehead atoms. The number of pyridine rings is 1. The highest BCUT2D eigenvalue weighted by molar-refractivity contribution is 7.89. The molecular formula is C16H16N2O3S2. The van der Waals surface area contributed by atoms with E-state index in [1.54, 1.807) is 29.5 Å². The topological polar surface area (TPSA) is 79.0 Å². The number of thiophene rings is 1. The van der Waals surface area contributed by atoms with Crippen molar-refractivity contribution in [1.82, 2.24) is 9.71 Å². The van der Waals surface area contributed by atoms with Crippen LogP contribution in [0, 0.1) is 6.92 Å². The van der Waals surface area contributed by atoms with Crippen LogP contribution in [0.25, 0.3) is 10.9 Å². The van der Waals surface area contributed by atoms with Crippen LogP contribution in [0.3, 0.4) is 0 Å². The second kappa shape index (κ2) is 6.27. The van der Waals surface area contributed by atoms with E-state index in [-0.39, 0.29) is 10.5 Å². The van der Waals surface area contributed by atoms with E-state index in [0.29, 0.717) is 23.9 Å². The first-order valence-electron chi connectivity index (χ1n) is 7.11. The fraction of sp³-hybridized carbons (Fsp3) is 0.188. The molecule has 3 aromatic rings. The molecule has 0 aliphatic heterocycles. The van der Waals surface area contributed by atoms with Crippen LogP contribution >= 0.6 is 11.3 Å². The van der Waals surface area contributed by atoms with Crippen molar-refractivity contribution in [2.45, 2.75) is 18.2 Å². The molecule has 2 aromatic heterocycles. The molecule has 1 aromatic carbocycles. The molecule has 0 spiro atoms. The molecule has 0 saturated carbocycles. The summed E-state index contributed by atoms with van der Waals surface area (Å²) in [5.74, 6) is 0. The number of benzene rings is 1. The molecule has 2 N–H and O–H groups in total. The highest BCUT2D eigenvalue weighted by Crippen LogP contribution is 2.18. The fourth-order valence-corrected chi connectivity index (χ4v) is 4.32. The summed E-state index contributed by atoms with van der Waals surface area (Å²) in [6.07, 6.45) is 0.670. The zero-order valence-electron chi connectivity index (χ0n) is 12.5. The van der Waals surface area contributed by atoms with E-state index in [1.165, 1.54) is 22.6 Å². The van der Waals surface area contributed by atoms with Gasteiger partial charge in [-0.15, -0.1) is 11.3 Å². The highest BCUT2D eigenvalue weighted by atomic mass is 32.2. The van der Waals surface area contributed by atoms with Crippen LogP contribution in [0.1, 0.15) is 10.4 Å². The number of sulfonamides is 1. The number of hydrogen-bond acceptors (Lipinski definition) is 4. The van der Waals surface area contributed by atoms with Gasteiger partial charge in [0.05, 0.1) is 4.90 Å². The third-order valence-electron chi connectivity index (χ3n) is 3.62. The van der Waals surface area contributed by atoms with Crippen molar-refractivity contribution >= 4 is 32.3 Å². The Labute approximate surface area is 138 Å². The number of fused-ring (bicyclic) bond motifs is 1. The molecule has 2 heterocycles. The van der Waals surface area contributed by atoms with E-state index >= 15 is 0 Å². The quantitative estimate of drug-likeness (QED) is 0.743. The van der Waals surface area contributed by atoms with Crippen LogP contribution in [0.2, 0.25) is 0 Å². The molecule has 3 rings (SSSR count). The Kier molecular flexibility index (Phi) is 4.34. The van der Waals surface area contributed by atoms with Gasteiger partial charge in [-0.1, -0.05) is 0 Å². The second-order valence-corrected chi connectivity index (χ2v) is 8.01. The lowest BCUT2D eigenvalue weighted by Crippen LogP contribution is -2.26. The molecule has 23 heavy (non-hydrogen) atoms. The molecule has 0 aliphatic carbocycles. The van der Waals surface area contributed by atoms with Gasteiger partial charge in [0, 0.05) is 23.0 Å². The average Bonchev–Trinajstić information content (AvgIpc) is 2.92. The summed E-state index contributed by atoms with van der Waals surface area (Å²) in [6.45, 7) is 2.37. The van der Waals surface area contributed by atoms with Gasteiger partial charge in [-0.2, -0.15) is 0 Å². The number of aromatic amines is 1. The summed E-state index contributed by atoms with van der Waals surface area (Å²) in [7, 11) is -3.57. The van der Waals surface area contributed by atoms with Crippen molar-refractivity contribution in [2.75, 3.05) is 6.54 Å². The molecule has 0 aliphatic rings. The van der Waals surface area contributed by atoms with Gasteiger partial charge in [0.15, 0.2) is 0 Å². The lowest BCUT2D eigenvalue weighted by Gasteiger charge is -2.07. The maximum Gasteiger partial charge on any atom is 0.248 e. The largest absolute Gasteiger partial charge is 0.322 e. The number of nitrogens with one attached hydrogen (secondary N) is 2. The normalized spacial score (nSPS) is 11.9. The molecule has 5 nitrogen and oxygen atoms in total. The predicted molar refractivity (Wildman–Crippen MR) is 92.5 cm³/mol. The fourth-order valence-electron chi connectivity index (χ4n) is 2.34. The number of rotatable bonds is 5. The zero-order valence-corrected chi connectivity index (χ0v) is 14.1. The highest BCUT2D eigenvalue weighted by Gasteiger charge is 2.14. The predicted octanol–water partition coefficient (Wildman–Crippen LogP) is 2.42. The zero-order chi connectivity index (χ0) is 16.4. The van der Waals surface area contributed by atoms with E-state index in [4.69, 9.17) is 0 Å². The second-order valence-electron chi connectivity index (χ2n) is 5.25. The Morgan fingerprint density at radius 2 is 2.00 bits per heavy atom. The summed E-state index contributed by atoms with van der Waals surface area (Å²) < 4.78 is 27.4. The number of hydrogen-bond donors (Lipinski definition) is 2. The summed E-state index contributed by atoms with van der Waals surface area (Å²) in [4.78, 5) is 15.3. The summed E-state index contributed by atoms with van der Waals surface area (Å²) in [5.41, 5.74) is 1.59. The van der Waals surface area contributed by atoms with Crippen LogP contribution in [-0.2, 0) is 16.4 Å². The first kappa shape index (κ1) is 15.9. The van der Waals surface area contributed by atoms with Gasteiger partial charge in [-0.3, -0.25) is 4.79 Å². The Hall–Kier alpha value is -1.96. The summed E-state index contributed by atoms with van der Waals surface area (Å²) in [5, 5.41) is 2.69. The van der Waals surface area contributed by atoms with E-state index in [2.05, 4.69) is 9.71 Å². The molecule has 0 radical (unpaired) electrons. The third-order valence-corrected chi connectivity index (χ3v) is 6.16. The summed E-state index contributed by atoms with van der Waals surface area (Å²) in [6, 6.07) is 9.68. The number of aryl methyl sites for hydroxylation is 1. The standard InChI is InChI=1S/C16H16N2O3S2/c1-11-7-9-22-15(11)6-8-17-23(20,21)13-3-4-14-12(10-13)2-5-16(19)18-14/h2-5,7,9-10,17H,6,8H2,1H3,(H,18,19). The van der Waals surface area contributed by atoms with Gasteiger partial charge in [-0.25, -0.2) is 13.1 Å². The first-order valence-corrected chi connectivity index (χ1v) is 9.48. The van der Waals surface area contributed by atoms with Crippen molar-refractivity contribution < 1.29 is 8.42 Å². The van der Waals surface area contributed by atoms with Crippen molar-refractivity contribution in [3.63, 3.8) is 0 Å². The molecular weight excluding hydrogens is 332 g/mol. The summed E-state index contributed by atoms with van der Waals surface area (Å²) >= 11 is 1.63. The maximum absolute atomic E-state index is 12.4. The molecule has 0 atom stereocenters. The molecule has 7 heteroatoms. The van der Waals surface area contributed by atoms with Gasteiger partial charge < -0.3 is 4.98 Å². The van der Waals surface area contributed by atoms with Crippen LogP contribution in [0.5, 0.6) is 0 Å². The third kappa shape index (κ3) is 3.52. The smallest absolute Gasteiger partial charge is 0.248 e. The van der Waals surface area contributed by atoms with E-state index in [0.717, 1.165) is 0 Å². The van der Waals surface area contributed by atoms with Crippen LogP contribution in [0.4, 0.5) is 0 Å². The lowest BCUT2D eigenvalue weighted by molar-refractivity contribution is 0.582. The molecule has 0 amide bonds. The van der Waals surface area contributed by atoms with Crippen LogP contribution in [0.15, 0.2) is 51.5 Å². The number of H-pyrrole nitrogens is 1. The molecule has 0 saturated heterocycles. The minimum Gasteiger partial charge on any atom is -0.322 e. The van der Waals surface area contributed by atoms with Crippen LogP contribution < -0.4 is 10.3 Å². The van der Waals surface area contributed by atoms with E-state index < -0.39 is 10.0 Å². The molecule has 0 unspecified atom stereocenters. The molecule has 0 fully saturated rings. The van der Waals surface area contributed by atoms with Crippen molar-refractivity contribution in [3.05, 3.63) is 62.6 Å². The molecule has 120 valence electrons. The van der Waals surface area contributed by atoms with Gasteiger partial charge in [0.25, 0.3) is 0 Å². The van der Waals surface area contributed by atoms with Crippen molar-refractivity contribution in [1.29, 1.82) is 0 Å². The van der Waals surface area contributed by atoms with Gasteiger partial charge in [0.1, 0.15) is 0 Å². The maximum atomic E-state index is 12.4. The Morgan fingerprint density at radius 3 is 2.74 bits per heavy atom. The van der Waals surface area contributed by atoms with Crippen molar-refractivity contribution in [3.8, 4) is 0 Å². The van der Waals surface area contributed by atoms with Crippen molar-refractivity contribution in [2.24, 2.45) is 0 Å². The van der Waals surface area contributed by atoms with Gasteiger partial charge in [-0.05, 0) is 60.0 Å². The van der Waals surface area contributed by atoms with E-state index in [1.807, 2.05) is 18.4 Å². The first-order chi connectivity index (χ1) is 11.0. The number of aromatic nitrogens is 1. The Bertz CT molecular complexity index is 1000. The Balaban J connectivity index is 1.78. The Morgan fingerprint density at radius 1 is 1.17 bits per heavy atom. The van der Waals surface area contributed by atoms with Crippen LogP contribution in [-0.4, -0.2) is 19.9 Å². The average molecular weight is 348 g/mol. The van der Waals surface area contributed by atoms with Gasteiger partial charge >= 0.3 is 0 Å². The minimum absolute atomic E-state index is 0.194.